The van der Waals surface area contributed by atoms with E-state index in [1.165, 1.54) is 21.6 Å². The fourth-order valence-electron chi connectivity index (χ4n) is 1.90. The minimum atomic E-state index is 0.901. The van der Waals surface area contributed by atoms with Crippen molar-refractivity contribution in [3.8, 4) is 0 Å². The summed E-state index contributed by atoms with van der Waals surface area (Å²) in [5.74, 6) is 1.95. The first-order chi connectivity index (χ1) is 9.20. The Morgan fingerprint density at radius 3 is 2.84 bits per heavy atom. The number of nitrogens with one attached hydrogen (secondary N) is 1. The van der Waals surface area contributed by atoms with E-state index in [1.54, 1.807) is 0 Å². The Morgan fingerprint density at radius 1 is 1.21 bits per heavy atom. The van der Waals surface area contributed by atoms with Crippen LogP contribution in [0.3, 0.4) is 0 Å². The quantitative estimate of drug-likeness (QED) is 0.815. The fraction of sp³-hybridized carbons (Fsp3) is 0.312. The molecule has 3 heteroatoms. The fourth-order valence-corrected chi connectivity index (χ4v) is 3.01. The Bertz CT molecular complexity index is 552. The molecule has 0 aliphatic rings. The first-order valence-corrected chi connectivity index (χ1v) is 7.57. The third kappa shape index (κ3) is 3.74. The van der Waals surface area contributed by atoms with E-state index in [0.717, 1.165) is 18.1 Å². The summed E-state index contributed by atoms with van der Waals surface area (Å²) in [7, 11) is 0. The van der Waals surface area contributed by atoms with Crippen molar-refractivity contribution in [3.63, 3.8) is 0 Å². The third-order valence-corrected chi connectivity index (χ3v) is 4.17. The second-order valence-electron chi connectivity index (χ2n) is 4.60. The first-order valence-electron chi connectivity index (χ1n) is 6.58. The average Bonchev–Trinajstić information content (AvgIpc) is 2.42. The molecule has 0 saturated heterocycles. The van der Waals surface area contributed by atoms with Gasteiger partial charge >= 0.3 is 0 Å². The SMILES string of the molecule is CCNc1ncccc1CSc1cc(C)ccc1C. The molecule has 0 amide bonds. The maximum Gasteiger partial charge on any atom is 0.129 e. The number of rotatable bonds is 5. The van der Waals surface area contributed by atoms with Crippen LogP contribution >= 0.6 is 11.8 Å². The molecule has 0 aliphatic carbocycles. The maximum atomic E-state index is 4.40. The number of anilines is 1. The number of aromatic nitrogens is 1. The second kappa shape index (κ2) is 6.62. The van der Waals surface area contributed by atoms with Gasteiger partial charge in [0.1, 0.15) is 5.82 Å². The highest BCUT2D eigenvalue weighted by atomic mass is 32.2. The summed E-state index contributed by atoms with van der Waals surface area (Å²) < 4.78 is 0. The number of nitrogens with zero attached hydrogens (tertiary/aromatic N) is 1. The van der Waals surface area contributed by atoms with Crippen LogP contribution in [0.2, 0.25) is 0 Å². The van der Waals surface area contributed by atoms with Crippen molar-refractivity contribution in [2.45, 2.75) is 31.4 Å². The molecule has 2 nitrogen and oxygen atoms in total. The molecule has 0 radical (unpaired) electrons. The zero-order chi connectivity index (χ0) is 13.7. The smallest absolute Gasteiger partial charge is 0.129 e. The monoisotopic (exact) mass is 272 g/mol. The lowest BCUT2D eigenvalue weighted by Gasteiger charge is -2.10. The summed E-state index contributed by atoms with van der Waals surface area (Å²) in [5, 5.41) is 3.31. The van der Waals surface area contributed by atoms with Crippen molar-refractivity contribution >= 4 is 17.6 Å². The molecular weight excluding hydrogens is 252 g/mol. The van der Waals surface area contributed by atoms with Crippen LogP contribution in [0.5, 0.6) is 0 Å². The molecule has 1 heterocycles. The van der Waals surface area contributed by atoms with Gasteiger partial charge in [0.15, 0.2) is 0 Å². The van der Waals surface area contributed by atoms with Crippen LogP contribution in [0.25, 0.3) is 0 Å². The maximum absolute atomic E-state index is 4.40. The van der Waals surface area contributed by atoms with E-state index in [0.29, 0.717) is 0 Å². The van der Waals surface area contributed by atoms with E-state index in [4.69, 9.17) is 0 Å². The third-order valence-electron chi connectivity index (χ3n) is 2.96. The van der Waals surface area contributed by atoms with Gasteiger partial charge in [-0.3, -0.25) is 0 Å². The Hall–Kier alpha value is -1.48. The van der Waals surface area contributed by atoms with Gasteiger partial charge in [0.2, 0.25) is 0 Å². The zero-order valence-electron chi connectivity index (χ0n) is 11.7. The van der Waals surface area contributed by atoms with Crippen LogP contribution in [0.15, 0.2) is 41.4 Å². The zero-order valence-corrected chi connectivity index (χ0v) is 12.6. The molecule has 0 atom stereocenters. The lowest BCUT2D eigenvalue weighted by molar-refractivity contribution is 1.13. The Labute approximate surface area is 119 Å². The molecule has 0 aliphatic heterocycles. The molecule has 2 aromatic rings. The van der Waals surface area contributed by atoms with Gasteiger partial charge in [-0.05, 0) is 38.5 Å². The van der Waals surface area contributed by atoms with Crippen LogP contribution in [0, 0.1) is 13.8 Å². The molecule has 0 spiro atoms. The molecular formula is C16H20N2S. The summed E-state index contributed by atoms with van der Waals surface area (Å²) in [4.78, 5) is 5.75. The van der Waals surface area contributed by atoms with Crippen molar-refractivity contribution in [2.24, 2.45) is 0 Å². The van der Waals surface area contributed by atoms with Crippen molar-refractivity contribution in [1.29, 1.82) is 0 Å². The van der Waals surface area contributed by atoms with E-state index >= 15 is 0 Å². The van der Waals surface area contributed by atoms with Crippen LogP contribution in [0.1, 0.15) is 23.6 Å². The average molecular weight is 272 g/mol. The van der Waals surface area contributed by atoms with Crippen LogP contribution in [-0.2, 0) is 5.75 Å². The Morgan fingerprint density at radius 2 is 2.05 bits per heavy atom. The van der Waals surface area contributed by atoms with E-state index in [9.17, 15) is 0 Å². The van der Waals surface area contributed by atoms with Gasteiger partial charge in [0.25, 0.3) is 0 Å². The van der Waals surface area contributed by atoms with Gasteiger partial charge in [-0.2, -0.15) is 0 Å². The second-order valence-corrected chi connectivity index (χ2v) is 5.62. The number of aryl methyl sites for hydroxylation is 2. The van der Waals surface area contributed by atoms with Gasteiger partial charge in [-0.15, -0.1) is 11.8 Å². The lowest BCUT2D eigenvalue weighted by atomic mass is 10.2. The summed E-state index contributed by atoms with van der Waals surface area (Å²) in [6.45, 7) is 7.29. The number of thioether (sulfide) groups is 1. The largest absolute Gasteiger partial charge is 0.370 e. The predicted octanol–water partition coefficient (Wildman–Crippen LogP) is 4.42. The van der Waals surface area contributed by atoms with Gasteiger partial charge in [0.05, 0.1) is 0 Å². The van der Waals surface area contributed by atoms with Crippen molar-refractivity contribution in [2.75, 3.05) is 11.9 Å². The van der Waals surface area contributed by atoms with Crippen LogP contribution < -0.4 is 5.32 Å². The van der Waals surface area contributed by atoms with Gasteiger partial charge in [-0.1, -0.05) is 23.8 Å². The normalized spacial score (nSPS) is 10.5. The molecule has 0 saturated carbocycles. The Kier molecular flexibility index (Phi) is 4.86. The topological polar surface area (TPSA) is 24.9 Å². The molecule has 0 fully saturated rings. The molecule has 1 aromatic carbocycles. The minimum absolute atomic E-state index is 0.901. The van der Waals surface area contributed by atoms with E-state index in [2.05, 4.69) is 55.3 Å². The first kappa shape index (κ1) is 13.9. The number of pyridine rings is 1. The highest BCUT2D eigenvalue weighted by Crippen LogP contribution is 2.28. The molecule has 100 valence electrons. The molecule has 0 bridgehead atoms. The number of benzene rings is 1. The van der Waals surface area contributed by atoms with E-state index < -0.39 is 0 Å². The summed E-state index contributed by atoms with van der Waals surface area (Å²) in [6.07, 6.45) is 1.84. The van der Waals surface area contributed by atoms with Gasteiger partial charge < -0.3 is 5.32 Å². The van der Waals surface area contributed by atoms with Crippen molar-refractivity contribution in [3.05, 3.63) is 53.2 Å². The number of hydrogen-bond donors (Lipinski definition) is 1. The summed E-state index contributed by atoms with van der Waals surface area (Å²) in [6, 6.07) is 10.7. The van der Waals surface area contributed by atoms with Crippen LogP contribution in [-0.4, -0.2) is 11.5 Å². The molecule has 1 aromatic heterocycles. The van der Waals surface area contributed by atoms with E-state index in [-0.39, 0.29) is 0 Å². The molecule has 19 heavy (non-hydrogen) atoms. The Balaban J connectivity index is 2.12. The van der Waals surface area contributed by atoms with Crippen LogP contribution in [0.4, 0.5) is 5.82 Å². The lowest BCUT2D eigenvalue weighted by Crippen LogP contribution is -2.02. The molecule has 1 N–H and O–H groups in total. The summed E-state index contributed by atoms with van der Waals surface area (Å²) >= 11 is 1.87. The van der Waals surface area contributed by atoms with E-state index in [1.807, 2.05) is 24.0 Å². The van der Waals surface area contributed by atoms with Gasteiger partial charge in [0, 0.05) is 29.0 Å². The predicted molar refractivity (Wildman–Crippen MR) is 83.9 cm³/mol. The standard InChI is InChI=1S/C16H20N2S/c1-4-17-16-14(6-5-9-18-16)11-19-15-10-12(2)7-8-13(15)3/h5-10H,4,11H2,1-3H3,(H,17,18). The highest BCUT2D eigenvalue weighted by molar-refractivity contribution is 7.98. The van der Waals surface area contributed by atoms with Crippen molar-refractivity contribution < 1.29 is 0 Å². The minimum Gasteiger partial charge on any atom is -0.370 e. The molecule has 2 rings (SSSR count). The highest BCUT2D eigenvalue weighted by Gasteiger charge is 2.05. The summed E-state index contributed by atoms with van der Waals surface area (Å²) in [5.41, 5.74) is 3.91. The van der Waals surface area contributed by atoms with Gasteiger partial charge in [-0.25, -0.2) is 4.98 Å². The van der Waals surface area contributed by atoms with Crippen molar-refractivity contribution in [1.82, 2.24) is 4.98 Å². The number of hydrogen-bond acceptors (Lipinski definition) is 3. The molecule has 0 unspecified atom stereocenters.